The van der Waals surface area contributed by atoms with Crippen LogP contribution in [0.5, 0.6) is 0 Å². The number of thioether (sulfide) groups is 1. The van der Waals surface area contributed by atoms with Gasteiger partial charge in [0.05, 0.1) is 6.33 Å². The molecule has 0 aliphatic heterocycles. The normalized spacial score (nSPS) is 11.2. The fourth-order valence-corrected chi connectivity index (χ4v) is 4.13. The van der Waals surface area contributed by atoms with Crippen molar-refractivity contribution in [3.63, 3.8) is 0 Å². The standard InChI is InChI=1S/C16H19N5O3S2/c1-19-14-13(15(23)20(2)16(19)24)21(10-18-14)7-12(22)17-4-6-26-9-11-3-5-25-8-11/h3,5,8,10H,4,6-7,9H2,1-2H3,(H,17,22). The van der Waals surface area contributed by atoms with Crippen molar-refractivity contribution in [3.8, 4) is 0 Å². The van der Waals surface area contributed by atoms with Crippen LogP contribution in [-0.2, 0) is 31.2 Å². The second-order valence-corrected chi connectivity index (χ2v) is 7.67. The first-order valence-corrected chi connectivity index (χ1v) is 10.0. The van der Waals surface area contributed by atoms with Crippen molar-refractivity contribution in [1.29, 1.82) is 0 Å². The molecule has 0 atom stereocenters. The van der Waals surface area contributed by atoms with Crippen LogP contribution in [0.25, 0.3) is 11.2 Å². The van der Waals surface area contributed by atoms with E-state index < -0.39 is 11.2 Å². The lowest BCUT2D eigenvalue weighted by Gasteiger charge is -2.08. The maximum Gasteiger partial charge on any atom is 0.332 e. The van der Waals surface area contributed by atoms with Crippen molar-refractivity contribution >= 4 is 40.2 Å². The van der Waals surface area contributed by atoms with Crippen molar-refractivity contribution < 1.29 is 4.79 Å². The van der Waals surface area contributed by atoms with Crippen molar-refractivity contribution in [2.24, 2.45) is 14.1 Å². The molecule has 3 aromatic heterocycles. The third-order valence-corrected chi connectivity index (χ3v) is 5.71. The van der Waals surface area contributed by atoms with Crippen LogP contribution in [0.1, 0.15) is 5.56 Å². The zero-order valence-corrected chi connectivity index (χ0v) is 16.1. The van der Waals surface area contributed by atoms with Gasteiger partial charge in [-0.2, -0.15) is 23.1 Å². The van der Waals surface area contributed by atoms with E-state index in [1.54, 1.807) is 30.1 Å². The molecule has 0 radical (unpaired) electrons. The molecule has 0 bridgehead atoms. The van der Waals surface area contributed by atoms with Gasteiger partial charge in [0, 0.05) is 32.1 Å². The van der Waals surface area contributed by atoms with Crippen LogP contribution in [-0.4, -0.2) is 36.9 Å². The van der Waals surface area contributed by atoms with E-state index in [1.807, 2.05) is 5.38 Å². The fraction of sp³-hybridized carbons (Fsp3) is 0.375. The molecule has 0 aromatic carbocycles. The van der Waals surface area contributed by atoms with Gasteiger partial charge in [-0.25, -0.2) is 9.78 Å². The summed E-state index contributed by atoms with van der Waals surface area (Å²) in [5, 5.41) is 7.01. The highest BCUT2D eigenvalue weighted by molar-refractivity contribution is 7.98. The lowest BCUT2D eigenvalue weighted by atomic mass is 10.4. The summed E-state index contributed by atoms with van der Waals surface area (Å²) in [4.78, 5) is 40.5. The summed E-state index contributed by atoms with van der Waals surface area (Å²) in [7, 11) is 2.96. The molecule has 0 aliphatic carbocycles. The number of aromatic nitrogens is 4. The topological polar surface area (TPSA) is 90.9 Å². The van der Waals surface area contributed by atoms with Gasteiger partial charge < -0.3 is 9.88 Å². The summed E-state index contributed by atoms with van der Waals surface area (Å²) in [5.41, 5.74) is 0.908. The lowest BCUT2D eigenvalue weighted by molar-refractivity contribution is -0.121. The minimum absolute atomic E-state index is 0.0147. The highest BCUT2D eigenvalue weighted by atomic mass is 32.2. The van der Waals surface area contributed by atoms with E-state index in [4.69, 9.17) is 0 Å². The van der Waals surface area contributed by atoms with Crippen LogP contribution in [0.4, 0.5) is 0 Å². The number of carbonyl (C=O) groups excluding carboxylic acids is 1. The molecule has 3 rings (SSSR count). The summed E-state index contributed by atoms with van der Waals surface area (Å²) in [6.45, 7) is 0.538. The van der Waals surface area contributed by atoms with E-state index in [1.165, 1.54) is 28.1 Å². The van der Waals surface area contributed by atoms with Crippen LogP contribution in [0.15, 0.2) is 32.7 Å². The number of fused-ring (bicyclic) bond motifs is 1. The molecule has 8 nitrogen and oxygen atoms in total. The molecule has 0 saturated heterocycles. The van der Waals surface area contributed by atoms with E-state index in [0.717, 1.165) is 16.1 Å². The molecule has 0 unspecified atom stereocenters. The third kappa shape index (κ3) is 3.75. The van der Waals surface area contributed by atoms with E-state index in [0.29, 0.717) is 6.54 Å². The van der Waals surface area contributed by atoms with Crippen LogP contribution in [0.2, 0.25) is 0 Å². The summed E-state index contributed by atoms with van der Waals surface area (Å²) < 4.78 is 3.79. The second-order valence-electron chi connectivity index (χ2n) is 5.78. The molecule has 0 fully saturated rings. The number of hydrogen-bond donors (Lipinski definition) is 1. The van der Waals surface area contributed by atoms with Crippen LogP contribution in [0.3, 0.4) is 0 Å². The Balaban J connectivity index is 1.59. The number of nitrogens with zero attached hydrogens (tertiary/aromatic N) is 4. The molecule has 0 spiro atoms. The summed E-state index contributed by atoms with van der Waals surface area (Å²) in [5.74, 6) is 1.54. The van der Waals surface area contributed by atoms with Gasteiger partial charge in [-0.15, -0.1) is 0 Å². The molecule has 3 heterocycles. The zero-order chi connectivity index (χ0) is 18.7. The maximum atomic E-state index is 12.3. The maximum absolute atomic E-state index is 12.3. The van der Waals surface area contributed by atoms with Crippen molar-refractivity contribution in [3.05, 3.63) is 49.6 Å². The number of amides is 1. The van der Waals surface area contributed by atoms with Gasteiger partial charge in [0.1, 0.15) is 6.54 Å². The summed E-state index contributed by atoms with van der Waals surface area (Å²) >= 11 is 3.43. The second kappa shape index (κ2) is 7.92. The summed E-state index contributed by atoms with van der Waals surface area (Å²) in [6, 6.07) is 2.09. The smallest absolute Gasteiger partial charge is 0.332 e. The van der Waals surface area contributed by atoms with Gasteiger partial charge in [0.2, 0.25) is 5.91 Å². The van der Waals surface area contributed by atoms with Crippen LogP contribution in [0, 0.1) is 0 Å². The van der Waals surface area contributed by atoms with Gasteiger partial charge in [0.25, 0.3) is 5.56 Å². The van der Waals surface area contributed by atoms with Crippen molar-refractivity contribution in [2.75, 3.05) is 12.3 Å². The molecule has 10 heteroatoms. The number of nitrogens with one attached hydrogen (secondary N) is 1. The molecule has 26 heavy (non-hydrogen) atoms. The highest BCUT2D eigenvalue weighted by Gasteiger charge is 2.15. The quantitative estimate of drug-likeness (QED) is 0.592. The third-order valence-electron chi connectivity index (χ3n) is 3.95. The van der Waals surface area contributed by atoms with Gasteiger partial charge in [-0.05, 0) is 22.4 Å². The highest BCUT2D eigenvalue weighted by Crippen LogP contribution is 2.14. The monoisotopic (exact) mass is 393 g/mol. The Bertz CT molecular complexity index is 1030. The molecular formula is C16H19N5O3S2. The number of imidazole rings is 1. The Morgan fingerprint density at radius 2 is 2.12 bits per heavy atom. The zero-order valence-electron chi connectivity index (χ0n) is 14.5. The fourth-order valence-electron chi connectivity index (χ4n) is 2.55. The SMILES string of the molecule is Cn1c(=O)c2c(ncn2CC(=O)NCCSCc2ccsc2)n(C)c1=O. The van der Waals surface area contributed by atoms with Crippen molar-refractivity contribution in [2.45, 2.75) is 12.3 Å². The Morgan fingerprint density at radius 3 is 2.85 bits per heavy atom. The average Bonchev–Trinajstić information content (AvgIpc) is 3.28. The molecule has 0 saturated carbocycles. The Hall–Kier alpha value is -2.33. The first-order valence-electron chi connectivity index (χ1n) is 7.95. The predicted molar refractivity (Wildman–Crippen MR) is 104 cm³/mol. The minimum Gasteiger partial charge on any atom is -0.354 e. The number of rotatable bonds is 7. The predicted octanol–water partition coefficient (Wildman–Crippen LogP) is 0.545. The van der Waals surface area contributed by atoms with E-state index in [-0.39, 0.29) is 23.6 Å². The largest absolute Gasteiger partial charge is 0.354 e. The number of aryl methyl sites for hydroxylation is 1. The van der Waals surface area contributed by atoms with Crippen LogP contribution >= 0.6 is 23.1 Å². The molecule has 138 valence electrons. The number of carbonyl (C=O) groups is 1. The van der Waals surface area contributed by atoms with E-state index in [9.17, 15) is 14.4 Å². The number of thiophene rings is 1. The minimum atomic E-state index is -0.459. The van der Waals surface area contributed by atoms with E-state index >= 15 is 0 Å². The van der Waals surface area contributed by atoms with Crippen molar-refractivity contribution in [1.82, 2.24) is 24.0 Å². The Kier molecular flexibility index (Phi) is 5.62. The summed E-state index contributed by atoms with van der Waals surface area (Å²) in [6.07, 6.45) is 1.41. The first-order chi connectivity index (χ1) is 12.5. The molecule has 0 aliphatic rings. The number of hydrogen-bond acceptors (Lipinski definition) is 6. The van der Waals surface area contributed by atoms with Gasteiger partial charge in [-0.1, -0.05) is 0 Å². The van der Waals surface area contributed by atoms with Gasteiger partial charge in [0.15, 0.2) is 11.2 Å². The Morgan fingerprint density at radius 1 is 1.31 bits per heavy atom. The average molecular weight is 393 g/mol. The Labute approximate surface area is 157 Å². The molecular weight excluding hydrogens is 374 g/mol. The first kappa shape index (κ1) is 18.5. The van der Waals surface area contributed by atoms with E-state index in [2.05, 4.69) is 21.7 Å². The van der Waals surface area contributed by atoms with Gasteiger partial charge >= 0.3 is 5.69 Å². The molecule has 1 amide bonds. The molecule has 3 aromatic rings. The molecule has 1 N–H and O–H groups in total. The lowest BCUT2D eigenvalue weighted by Crippen LogP contribution is -2.38. The van der Waals surface area contributed by atoms with Gasteiger partial charge in [-0.3, -0.25) is 18.7 Å². The van der Waals surface area contributed by atoms with Crippen LogP contribution < -0.4 is 16.6 Å².